The highest BCUT2D eigenvalue weighted by molar-refractivity contribution is 5.93. The van der Waals surface area contributed by atoms with Crippen molar-refractivity contribution in [1.29, 1.82) is 0 Å². The first-order valence-electron chi connectivity index (χ1n) is 9.54. The van der Waals surface area contributed by atoms with Gasteiger partial charge in [-0.05, 0) is 50.7 Å². The van der Waals surface area contributed by atoms with E-state index in [0.29, 0.717) is 18.8 Å². The van der Waals surface area contributed by atoms with E-state index in [9.17, 15) is 19.7 Å². The van der Waals surface area contributed by atoms with Crippen molar-refractivity contribution in [3.63, 3.8) is 0 Å². The van der Waals surface area contributed by atoms with E-state index in [2.05, 4.69) is 0 Å². The molecular formula is C19H25N3O5. The number of nitro benzene ring substituents is 1. The van der Waals surface area contributed by atoms with Crippen molar-refractivity contribution in [1.82, 2.24) is 4.90 Å². The van der Waals surface area contributed by atoms with Crippen LogP contribution < -0.4 is 4.90 Å². The van der Waals surface area contributed by atoms with E-state index in [0.717, 1.165) is 51.6 Å². The van der Waals surface area contributed by atoms with E-state index in [1.807, 2.05) is 4.90 Å². The lowest BCUT2D eigenvalue weighted by molar-refractivity contribution is -0.384. The van der Waals surface area contributed by atoms with Gasteiger partial charge < -0.3 is 14.5 Å². The number of nitrogens with zero attached hydrogens (tertiary/aromatic N) is 3. The van der Waals surface area contributed by atoms with Crippen LogP contribution >= 0.6 is 0 Å². The Kier molecular flexibility index (Phi) is 6.26. The fraction of sp³-hybridized carbons (Fsp3) is 0.579. The maximum atomic E-state index is 12.3. The largest absolute Gasteiger partial charge is 0.452 e. The minimum atomic E-state index is -0.714. The Morgan fingerprint density at radius 2 is 1.63 bits per heavy atom. The van der Waals surface area contributed by atoms with Crippen LogP contribution in [0, 0.1) is 10.1 Å². The number of hydrogen-bond donors (Lipinski definition) is 0. The Balaban J connectivity index is 1.66. The molecule has 1 aromatic rings. The van der Waals surface area contributed by atoms with E-state index < -0.39 is 10.9 Å². The summed E-state index contributed by atoms with van der Waals surface area (Å²) in [6.07, 6.45) is 6.16. The standard InChI is InChI=1S/C19H25N3O5/c23-18(21-11-5-2-6-12-21)14-27-19(24)15-7-8-16(17(13-15)22(25)26)20-9-3-1-4-10-20/h7-8,13H,1-6,9-12,14H2. The summed E-state index contributed by atoms with van der Waals surface area (Å²) in [4.78, 5) is 39.0. The number of hydrogen-bond acceptors (Lipinski definition) is 6. The summed E-state index contributed by atoms with van der Waals surface area (Å²) in [6.45, 7) is 2.59. The third-order valence-corrected chi connectivity index (χ3v) is 5.14. The predicted molar refractivity (Wildman–Crippen MR) is 99.9 cm³/mol. The van der Waals surface area contributed by atoms with Crippen LogP contribution in [0.25, 0.3) is 0 Å². The summed E-state index contributed by atoms with van der Waals surface area (Å²) in [5.41, 5.74) is 0.517. The fourth-order valence-electron chi connectivity index (χ4n) is 3.64. The van der Waals surface area contributed by atoms with Crippen molar-refractivity contribution in [3.05, 3.63) is 33.9 Å². The van der Waals surface area contributed by atoms with Crippen LogP contribution in [0.5, 0.6) is 0 Å². The van der Waals surface area contributed by atoms with Crippen LogP contribution in [0.3, 0.4) is 0 Å². The zero-order chi connectivity index (χ0) is 19.2. The second-order valence-corrected chi connectivity index (χ2v) is 7.03. The van der Waals surface area contributed by atoms with Gasteiger partial charge in [-0.15, -0.1) is 0 Å². The minimum Gasteiger partial charge on any atom is -0.452 e. The first-order chi connectivity index (χ1) is 13.1. The van der Waals surface area contributed by atoms with Crippen LogP contribution in [-0.2, 0) is 9.53 Å². The van der Waals surface area contributed by atoms with E-state index in [1.54, 1.807) is 11.0 Å². The van der Waals surface area contributed by atoms with Gasteiger partial charge in [0.15, 0.2) is 6.61 Å². The van der Waals surface area contributed by atoms with Crippen molar-refractivity contribution in [2.24, 2.45) is 0 Å². The van der Waals surface area contributed by atoms with E-state index in [-0.39, 0.29) is 23.8 Å². The average Bonchev–Trinajstić information content (AvgIpc) is 2.72. The summed E-state index contributed by atoms with van der Waals surface area (Å²) in [5, 5.41) is 11.5. The van der Waals surface area contributed by atoms with Crippen molar-refractivity contribution < 1.29 is 19.2 Å². The van der Waals surface area contributed by atoms with Crippen LogP contribution in [0.2, 0.25) is 0 Å². The molecule has 146 valence electrons. The molecule has 3 rings (SSSR count). The number of likely N-dealkylation sites (tertiary alicyclic amines) is 1. The molecule has 2 fully saturated rings. The van der Waals surface area contributed by atoms with Gasteiger partial charge in [-0.2, -0.15) is 0 Å². The van der Waals surface area contributed by atoms with E-state index >= 15 is 0 Å². The van der Waals surface area contributed by atoms with Gasteiger partial charge >= 0.3 is 5.97 Å². The number of carbonyl (C=O) groups excluding carboxylic acids is 2. The second-order valence-electron chi connectivity index (χ2n) is 7.03. The first-order valence-corrected chi connectivity index (χ1v) is 9.54. The molecule has 0 aromatic heterocycles. The number of benzene rings is 1. The smallest absolute Gasteiger partial charge is 0.338 e. The fourth-order valence-corrected chi connectivity index (χ4v) is 3.64. The van der Waals surface area contributed by atoms with Gasteiger partial charge in [0.2, 0.25) is 0 Å². The van der Waals surface area contributed by atoms with Gasteiger partial charge in [0.25, 0.3) is 11.6 Å². The van der Waals surface area contributed by atoms with Gasteiger partial charge in [0, 0.05) is 32.2 Å². The molecular weight excluding hydrogens is 350 g/mol. The Bertz CT molecular complexity index is 709. The molecule has 0 N–H and O–H groups in total. The molecule has 2 aliphatic heterocycles. The number of rotatable bonds is 5. The minimum absolute atomic E-state index is 0.0916. The van der Waals surface area contributed by atoms with Crippen molar-refractivity contribution in [3.8, 4) is 0 Å². The molecule has 0 spiro atoms. The molecule has 0 bridgehead atoms. The normalized spacial score (nSPS) is 17.5. The highest BCUT2D eigenvalue weighted by Gasteiger charge is 2.24. The van der Waals surface area contributed by atoms with Crippen LogP contribution in [0.1, 0.15) is 48.9 Å². The second kappa shape index (κ2) is 8.83. The zero-order valence-electron chi connectivity index (χ0n) is 15.4. The number of carbonyl (C=O) groups is 2. The average molecular weight is 375 g/mol. The van der Waals surface area contributed by atoms with E-state index in [1.165, 1.54) is 12.1 Å². The Morgan fingerprint density at radius 1 is 1.00 bits per heavy atom. The van der Waals surface area contributed by atoms with Gasteiger partial charge in [-0.1, -0.05) is 0 Å². The summed E-state index contributed by atoms with van der Waals surface area (Å²) in [6, 6.07) is 4.38. The number of anilines is 1. The molecule has 2 aliphatic rings. The third-order valence-electron chi connectivity index (χ3n) is 5.14. The Morgan fingerprint density at radius 3 is 2.26 bits per heavy atom. The highest BCUT2D eigenvalue weighted by Crippen LogP contribution is 2.31. The topological polar surface area (TPSA) is 93.0 Å². The summed E-state index contributed by atoms with van der Waals surface area (Å²) >= 11 is 0. The number of esters is 1. The molecule has 8 heteroatoms. The molecule has 0 aliphatic carbocycles. The van der Waals surface area contributed by atoms with Crippen LogP contribution in [0.4, 0.5) is 11.4 Å². The van der Waals surface area contributed by atoms with Crippen LogP contribution in [-0.4, -0.2) is 54.5 Å². The number of amides is 1. The number of nitro groups is 1. The number of ether oxygens (including phenoxy) is 1. The molecule has 27 heavy (non-hydrogen) atoms. The third kappa shape index (κ3) is 4.75. The Hall–Kier alpha value is -2.64. The summed E-state index contributed by atoms with van der Waals surface area (Å²) in [7, 11) is 0. The Labute approximate surface area is 158 Å². The summed E-state index contributed by atoms with van der Waals surface area (Å²) < 4.78 is 5.10. The molecule has 2 saturated heterocycles. The van der Waals surface area contributed by atoms with Gasteiger partial charge in [-0.25, -0.2) is 4.79 Å². The molecule has 1 aromatic carbocycles. The lowest BCUT2D eigenvalue weighted by Crippen LogP contribution is -2.38. The maximum absolute atomic E-state index is 12.3. The monoisotopic (exact) mass is 375 g/mol. The van der Waals surface area contributed by atoms with Crippen molar-refractivity contribution >= 4 is 23.3 Å². The van der Waals surface area contributed by atoms with E-state index in [4.69, 9.17) is 4.74 Å². The highest BCUT2D eigenvalue weighted by atomic mass is 16.6. The predicted octanol–water partition coefficient (Wildman–Crippen LogP) is 2.75. The lowest BCUT2D eigenvalue weighted by atomic mass is 10.1. The lowest BCUT2D eigenvalue weighted by Gasteiger charge is -2.28. The molecule has 8 nitrogen and oxygen atoms in total. The van der Waals surface area contributed by atoms with Crippen LogP contribution in [0.15, 0.2) is 18.2 Å². The maximum Gasteiger partial charge on any atom is 0.338 e. The molecule has 0 saturated carbocycles. The first kappa shape index (κ1) is 19.1. The molecule has 0 radical (unpaired) electrons. The quantitative estimate of drug-likeness (QED) is 0.446. The van der Waals surface area contributed by atoms with Crippen molar-refractivity contribution in [2.45, 2.75) is 38.5 Å². The molecule has 0 unspecified atom stereocenters. The van der Waals surface area contributed by atoms with Gasteiger partial charge in [0.05, 0.1) is 10.5 Å². The van der Waals surface area contributed by atoms with Gasteiger partial charge in [0.1, 0.15) is 5.69 Å². The summed E-state index contributed by atoms with van der Waals surface area (Å²) in [5.74, 6) is -0.934. The number of piperidine rings is 2. The molecule has 0 atom stereocenters. The van der Waals surface area contributed by atoms with Gasteiger partial charge in [-0.3, -0.25) is 14.9 Å². The SMILES string of the molecule is O=C(OCC(=O)N1CCCCC1)c1ccc(N2CCCCC2)c([N+](=O)[O-])c1. The van der Waals surface area contributed by atoms with Crippen molar-refractivity contribution in [2.75, 3.05) is 37.7 Å². The molecule has 1 amide bonds. The zero-order valence-corrected chi connectivity index (χ0v) is 15.4. The molecule has 2 heterocycles.